The smallest absolute Gasteiger partial charge is 0.329 e. The Morgan fingerprint density at radius 2 is 1.71 bits per heavy atom. The summed E-state index contributed by atoms with van der Waals surface area (Å²) in [6.45, 7) is 1.04. The minimum absolute atomic E-state index is 0.0181. The Hall–Kier alpha value is -2.37. The fourth-order valence-corrected chi connectivity index (χ4v) is 3.37. The van der Waals surface area contributed by atoms with Crippen molar-refractivity contribution in [3.63, 3.8) is 0 Å². The summed E-state index contributed by atoms with van der Waals surface area (Å²) in [7, 11) is 0. The highest BCUT2D eigenvalue weighted by Crippen LogP contribution is 2.33. The van der Waals surface area contributed by atoms with Gasteiger partial charge in [-0.15, -0.1) is 0 Å². The lowest BCUT2D eigenvalue weighted by molar-refractivity contribution is -0.152. The molecule has 0 bridgehead atoms. The lowest BCUT2D eigenvalue weighted by Gasteiger charge is -2.40. The van der Waals surface area contributed by atoms with Crippen molar-refractivity contribution >= 4 is 17.8 Å². The van der Waals surface area contributed by atoms with Crippen LogP contribution >= 0.6 is 0 Å². The molecule has 1 aromatic rings. The zero-order valence-electron chi connectivity index (χ0n) is 13.5. The summed E-state index contributed by atoms with van der Waals surface area (Å²) < 4.78 is 0. The maximum Gasteiger partial charge on any atom is 0.329 e. The van der Waals surface area contributed by atoms with E-state index in [4.69, 9.17) is 0 Å². The molecule has 6 heteroatoms. The molecule has 0 atom stereocenters. The minimum atomic E-state index is -1.06. The van der Waals surface area contributed by atoms with Crippen LogP contribution in [0.5, 0.6) is 0 Å². The molecule has 0 spiro atoms. The average molecular weight is 330 g/mol. The molecule has 1 heterocycles. The van der Waals surface area contributed by atoms with Gasteiger partial charge < -0.3 is 15.3 Å². The van der Waals surface area contributed by atoms with Gasteiger partial charge in [-0.1, -0.05) is 18.2 Å². The van der Waals surface area contributed by atoms with E-state index in [2.05, 4.69) is 5.32 Å². The van der Waals surface area contributed by atoms with Crippen molar-refractivity contribution in [3.05, 3.63) is 35.9 Å². The van der Waals surface area contributed by atoms with E-state index in [-0.39, 0.29) is 17.7 Å². The Morgan fingerprint density at radius 3 is 2.21 bits per heavy atom. The van der Waals surface area contributed by atoms with E-state index >= 15 is 0 Å². The largest absolute Gasteiger partial charge is 0.480 e. The maximum atomic E-state index is 12.4. The van der Waals surface area contributed by atoms with Gasteiger partial charge in [-0.05, 0) is 44.2 Å². The Balaban J connectivity index is 1.54. The number of aliphatic carboxylic acids is 1. The van der Waals surface area contributed by atoms with E-state index in [1.165, 1.54) is 0 Å². The van der Waals surface area contributed by atoms with Crippen LogP contribution in [-0.2, 0) is 9.59 Å². The van der Waals surface area contributed by atoms with Gasteiger partial charge in [0.2, 0.25) is 5.91 Å². The number of nitrogens with one attached hydrogen (secondary N) is 1. The fraction of sp³-hybridized carbons (Fsp3) is 0.500. The molecule has 2 fully saturated rings. The second kappa shape index (κ2) is 6.63. The number of likely N-dealkylation sites (tertiary alicyclic amines) is 1. The molecule has 6 nitrogen and oxygen atoms in total. The van der Waals surface area contributed by atoms with Crippen LogP contribution in [0.4, 0.5) is 0 Å². The molecule has 1 saturated carbocycles. The van der Waals surface area contributed by atoms with Gasteiger partial charge in [0, 0.05) is 24.6 Å². The van der Waals surface area contributed by atoms with Crippen molar-refractivity contribution in [1.82, 2.24) is 10.2 Å². The molecule has 1 saturated heterocycles. The van der Waals surface area contributed by atoms with E-state index in [1.54, 1.807) is 17.0 Å². The number of hydrogen-bond donors (Lipinski definition) is 2. The number of carboxylic acid groups (broad SMARTS) is 1. The Labute approximate surface area is 140 Å². The average Bonchev–Trinajstić information content (AvgIpc) is 2.58. The summed E-state index contributed by atoms with van der Waals surface area (Å²) in [6.07, 6.45) is 2.97. The Bertz CT molecular complexity index is 632. The molecule has 3 rings (SSSR count). The van der Waals surface area contributed by atoms with Gasteiger partial charge in [0.1, 0.15) is 5.54 Å². The third-order valence-corrected chi connectivity index (χ3v) is 5.15. The van der Waals surface area contributed by atoms with Crippen molar-refractivity contribution in [3.8, 4) is 0 Å². The molecule has 0 unspecified atom stereocenters. The summed E-state index contributed by atoms with van der Waals surface area (Å²) in [4.78, 5) is 37.9. The van der Waals surface area contributed by atoms with E-state index in [9.17, 15) is 19.5 Å². The molecule has 2 N–H and O–H groups in total. The van der Waals surface area contributed by atoms with E-state index in [0.29, 0.717) is 44.3 Å². The van der Waals surface area contributed by atoms with Gasteiger partial charge in [-0.3, -0.25) is 9.59 Å². The van der Waals surface area contributed by atoms with Crippen LogP contribution in [-0.4, -0.2) is 46.4 Å². The summed E-state index contributed by atoms with van der Waals surface area (Å²) in [5.41, 5.74) is -0.409. The van der Waals surface area contributed by atoms with Crippen molar-refractivity contribution in [2.24, 2.45) is 5.92 Å². The Morgan fingerprint density at radius 1 is 1.08 bits per heavy atom. The molecule has 1 aliphatic carbocycles. The number of carboxylic acids is 1. The second-order valence-corrected chi connectivity index (χ2v) is 6.66. The summed E-state index contributed by atoms with van der Waals surface area (Å²) in [5, 5.41) is 12.0. The zero-order chi connectivity index (χ0) is 17.2. The van der Waals surface area contributed by atoms with E-state index < -0.39 is 11.5 Å². The number of hydrogen-bond acceptors (Lipinski definition) is 3. The highest BCUT2D eigenvalue weighted by molar-refractivity contribution is 5.94. The number of piperidine rings is 1. The first-order valence-corrected chi connectivity index (χ1v) is 8.42. The molecule has 1 aliphatic heterocycles. The third kappa shape index (κ3) is 3.13. The van der Waals surface area contributed by atoms with Crippen LogP contribution in [0.1, 0.15) is 42.5 Å². The maximum absolute atomic E-state index is 12.4. The predicted octanol–water partition coefficient (Wildman–Crippen LogP) is 1.66. The number of carbonyl (C=O) groups is 3. The molecule has 24 heavy (non-hydrogen) atoms. The highest BCUT2D eigenvalue weighted by atomic mass is 16.4. The van der Waals surface area contributed by atoms with Crippen LogP contribution in [0.15, 0.2) is 30.3 Å². The quantitative estimate of drug-likeness (QED) is 0.879. The SMILES string of the molecule is O=C(NC1(C(=O)O)CCC1)C1CCN(C(=O)c2ccccc2)CC1. The molecular formula is C18H22N2O4. The molecule has 1 aromatic carbocycles. The minimum Gasteiger partial charge on any atom is -0.480 e. The number of rotatable bonds is 4. The molecule has 2 aliphatic rings. The van der Waals surface area contributed by atoms with E-state index in [0.717, 1.165) is 6.42 Å². The van der Waals surface area contributed by atoms with Crippen LogP contribution < -0.4 is 5.32 Å². The van der Waals surface area contributed by atoms with Crippen molar-refractivity contribution in [1.29, 1.82) is 0 Å². The second-order valence-electron chi connectivity index (χ2n) is 6.66. The van der Waals surface area contributed by atoms with Gasteiger partial charge >= 0.3 is 5.97 Å². The lowest BCUT2D eigenvalue weighted by Crippen LogP contribution is -2.60. The summed E-state index contributed by atoms with van der Waals surface area (Å²) in [6, 6.07) is 9.10. The normalized spacial score (nSPS) is 20.1. The Kier molecular flexibility index (Phi) is 4.55. The molecule has 0 aromatic heterocycles. The molecule has 0 radical (unpaired) electrons. The highest BCUT2D eigenvalue weighted by Gasteiger charge is 2.46. The molecule has 128 valence electrons. The summed E-state index contributed by atoms with van der Waals surface area (Å²) >= 11 is 0. The summed E-state index contributed by atoms with van der Waals surface area (Å²) in [5.74, 6) is -1.38. The molecular weight excluding hydrogens is 308 g/mol. The van der Waals surface area contributed by atoms with Crippen LogP contribution in [0.25, 0.3) is 0 Å². The lowest BCUT2D eigenvalue weighted by atomic mass is 9.76. The number of amides is 2. The first kappa shape index (κ1) is 16.5. The van der Waals surface area contributed by atoms with Gasteiger partial charge in [0.05, 0.1) is 0 Å². The van der Waals surface area contributed by atoms with E-state index in [1.807, 2.05) is 18.2 Å². The number of benzene rings is 1. The van der Waals surface area contributed by atoms with Gasteiger partial charge in [0.15, 0.2) is 0 Å². The standard InChI is InChI=1S/C18H22N2O4/c21-15(19-18(17(23)24)9-4-10-18)13-7-11-20(12-8-13)16(22)14-5-2-1-3-6-14/h1-3,5-6,13H,4,7-12H2,(H,19,21)(H,23,24). The van der Waals surface area contributed by atoms with Crippen molar-refractivity contribution in [2.45, 2.75) is 37.6 Å². The van der Waals surface area contributed by atoms with Crippen LogP contribution in [0.2, 0.25) is 0 Å². The third-order valence-electron chi connectivity index (χ3n) is 5.15. The first-order valence-electron chi connectivity index (χ1n) is 8.42. The van der Waals surface area contributed by atoms with Crippen LogP contribution in [0.3, 0.4) is 0 Å². The van der Waals surface area contributed by atoms with Crippen molar-refractivity contribution in [2.75, 3.05) is 13.1 Å². The first-order chi connectivity index (χ1) is 11.5. The van der Waals surface area contributed by atoms with Crippen LogP contribution in [0, 0.1) is 5.92 Å². The van der Waals surface area contributed by atoms with Crippen molar-refractivity contribution < 1.29 is 19.5 Å². The van der Waals surface area contributed by atoms with Gasteiger partial charge in [-0.25, -0.2) is 4.79 Å². The molecule has 2 amide bonds. The predicted molar refractivity (Wildman–Crippen MR) is 87.4 cm³/mol. The number of carbonyl (C=O) groups excluding carboxylic acids is 2. The fourth-order valence-electron chi connectivity index (χ4n) is 3.37. The number of nitrogens with zero attached hydrogens (tertiary/aromatic N) is 1. The van der Waals surface area contributed by atoms with Gasteiger partial charge in [-0.2, -0.15) is 0 Å². The topological polar surface area (TPSA) is 86.7 Å². The van der Waals surface area contributed by atoms with Gasteiger partial charge in [0.25, 0.3) is 5.91 Å². The monoisotopic (exact) mass is 330 g/mol. The zero-order valence-corrected chi connectivity index (χ0v) is 13.5.